The average molecular weight is 227 g/mol. The molecule has 1 N–H and O–H groups in total. The highest BCUT2D eigenvalue weighted by atomic mass is 35.5. The van der Waals surface area contributed by atoms with Crippen LogP contribution in [0.5, 0.6) is 5.75 Å². The summed E-state index contributed by atoms with van der Waals surface area (Å²) in [4.78, 5) is 10.4. The van der Waals surface area contributed by atoms with Gasteiger partial charge in [0, 0.05) is 17.9 Å². The molecule has 0 spiro atoms. The third-order valence-corrected chi connectivity index (χ3v) is 2.68. The van der Waals surface area contributed by atoms with Crippen molar-refractivity contribution < 1.29 is 14.6 Å². The molecule has 80 valence electrons. The minimum atomic E-state index is -0.785. The number of hydrogen-bond acceptors (Lipinski definition) is 2. The van der Waals surface area contributed by atoms with Gasteiger partial charge in [0.15, 0.2) is 0 Å². The van der Waals surface area contributed by atoms with Gasteiger partial charge < -0.3 is 9.84 Å². The van der Waals surface area contributed by atoms with Crippen LogP contribution in [0.4, 0.5) is 0 Å². The number of carbonyl (C=O) groups is 1. The van der Waals surface area contributed by atoms with Gasteiger partial charge in [0.05, 0.1) is 0 Å². The summed E-state index contributed by atoms with van der Waals surface area (Å²) in [6.45, 7) is 0. The Morgan fingerprint density at radius 3 is 3.13 bits per heavy atom. The van der Waals surface area contributed by atoms with Crippen LogP contribution in [0, 0.1) is 0 Å². The standard InChI is InChI=1S/C11H11ClO3/c12-8-1-3-10-7(5-8)6-9(15-10)2-4-11(13)14/h1,3,5,9H,2,4,6H2,(H,13,14). The van der Waals surface area contributed by atoms with Crippen molar-refractivity contribution in [2.24, 2.45) is 0 Å². The molecule has 15 heavy (non-hydrogen) atoms. The number of hydrogen-bond donors (Lipinski definition) is 1. The highest BCUT2D eigenvalue weighted by Crippen LogP contribution is 2.32. The smallest absolute Gasteiger partial charge is 0.303 e. The molecule has 1 unspecified atom stereocenters. The molecule has 0 aliphatic carbocycles. The van der Waals surface area contributed by atoms with Crippen LogP contribution in [0.15, 0.2) is 18.2 Å². The van der Waals surface area contributed by atoms with Gasteiger partial charge in [0.2, 0.25) is 0 Å². The topological polar surface area (TPSA) is 46.5 Å². The van der Waals surface area contributed by atoms with Gasteiger partial charge in [-0.15, -0.1) is 0 Å². The zero-order valence-electron chi connectivity index (χ0n) is 8.07. The number of aliphatic carboxylic acids is 1. The van der Waals surface area contributed by atoms with Crippen LogP contribution in [-0.4, -0.2) is 17.2 Å². The van der Waals surface area contributed by atoms with Crippen LogP contribution in [0.3, 0.4) is 0 Å². The largest absolute Gasteiger partial charge is 0.490 e. The van der Waals surface area contributed by atoms with E-state index in [0.29, 0.717) is 11.4 Å². The monoisotopic (exact) mass is 226 g/mol. The first-order valence-electron chi connectivity index (χ1n) is 4.82. The molecule has 0 aromatic heterocycles. The van der Waals surface area contributed by atoms with Crippen LogP contribution in [0.2, 0.25) is 5.02 Å². The number of carboxylic acids is 1. The minimum absolute atomic E-state index is 0.0189. The predicted molar refractivity (Wildman–Crippen MR) is 56.4 cm³/mol. The van der Waals surface area contributed by atoms with E-state index >= 15 is 0 Å². The number of fused-ring (bicyclic) bond motifs is 1. The first kappa shape index (κ1) is 10.3. The van der Waals surface area contributed by atoms with Gasteiger partial charge in [-0.3, -0.25) is 4.79 Å². The Kier molecular flexibility index (Phi) is 2.82. The molecule has 0 bridgehead atoms. The Labute approximate surface area is 92.6 Å². The van der Waals surface area contributed by atoms with Crippen molar-refractivity contribution in [3.8, 4) is 5.75 Å². The van der Waals surface area contributed by atoms with Crippen LogP contribution in [0.1, 0.15) is 18.4 Å². The Hall–Kier alpha value is -1.22. The maximum atomic E-state index is 10.4. The quantitative estimate of drug-likeness (QED) is 0.862. The molecule has 1 aromatic rings. The van der Waals surface area contributed by atoms with Crippen molar-refractivity contribution in [3.63, 3.8) is 0 Å². The van der Waals surface area contributed by atoms with Crippen molar-refractivity contribution in [1.29, 1.82) is 0 Å². The van der Waals surface area contributed by atoms with Gasteiger partial charge in [-0.05, 0) is 30.2 Å². The second kappa shape index (κ2) is 4.11. The molecule has 0 amide bonds. The summed E-state index contributed by atoms with van der Waals surface area (Å²) in [5.74, 6) is 0.0439. The summed E-state index contributed by atoms with van der Waals surface area (Å²) in [7, 11) is 0. The summed E-state index contributed by atoms with van der Waals surface area (Å²) in [6, 6.07) is 5.48. The highest BCUT2D eigenvalue weighted by Gasteiger charge is 2.23. The fourth-order valence-electron chi connectivity index (χ4n) is 1.73. The molecule has 1 heterocycles. The van der Waals surface area contributed by atoms with E-state index in [1.165, 1.54) is 0 Å². The van der Waals surface area contributed by atoms with E-state index in [0.717, 1.165) is 17.7 Å². The molecule has 3 nitrogen and oxygen atoms in total. The number of carboxylic acid groups (broad SMARTS) is 1. The van der Waals surface area contributed by atoms with E-state index in [1.54, 1.807) is 6.07 Å². The van der Waals surface area contributed by atoms with E-state index < -0.39 is 5.97 Å². The highest BCUT2D eigenvalue weighted by molar-refractivity contribution is 6.30. The zero-order chi connectivity index (χ0) is 10.8. The Bertz CT molecular complexity index is 389. The van der Waals surface area contributed by atoms with Gasteiger partial charge in [-0.2, -0.15) is 0 Å². The van der Waals surface area contributed by atoms with Crippen molar-refractivity contribution in [3.05, 3.63) is 28.8 Å². The van der Waals surface area contributed by atoms with E-state index in [9.17, 15) is 4.79 Å². The molecule has 0 radical (unpaired) electrons. The lowest BCUT2D eigenvalue weighted by atomic mass is 10.1. The molecular weight excluding hydrogens is 216 g/mol. The molecular formula is C11H11ClO3. The second-order valence-corrected chi connectivity index (χ2v) is 4.06. The third kappa shape index (κ3) is 2.42. The average Bonchev–Trinajstić information content (AvgIpc) is 2.56. The lowest BCUT2D eigenvalue weighted by molar-refractivity contribution is -0.137. The van der Waals surface area contributed by atoms with Crippen molar-refractivity contribution in [2.75, 3.05) is 0 Å². The SMILES string of the molecule is O=C(O)CCC1Cc2cc(Cl)ccc2O1. The van der Waals surface area contributed by atoms with Gasteiger partial charge >= 0.3 is 5.97 Å². The number of rotatable bonds is 3. The van der Waals surface area contributed by atoms with Gasteiger partial charge in [0.1, 0.15) is 11.9 Å². The Morgan fingerprint density at radius 1 is 1.60 bits per heavy atom. The maximum Gasteiger partial charge on any atom is 0.303 e. The molecule has 0 fully saturated rings. The third-order valence-electron chi connectivity index (χ3n) is 2.44. The van der Waals surface area contributed by atoms with E-state index in [2.05, 4.69) is 0 Å². The Morgan fingerprint density at radius 2 is 2.40 bits per heavy atom. The van der Waals surface area contributed by atoms with E-state index in [-0.39, 0.29) is 12.5 Å². The number of ether oxygens (including phenoxy) is 1. The normalized spacial score (nSPS) is 18.3. The fourth-order valence-corrected chi connectivity index (χ4v) is 1.93. The number of halogens is 1. The number of benzene rings is 1. The lowest BCUT2D eigenvalue weighted by Gasteiger charge is -2.07. The molecule has 0 saturated carbocycles. The van der Waals surface area contributed by atoms with Crippen LogP contribution in [-0.2, 0) is 11.2 Å². The van der Waals surface area contributed by atoms with Gasteiger partial charge in [-0.25, -0.2) is 0 Å². The van der Waals surface area contributed by atoms with Crippen LogP contribution in [0.25, 0.3) is 0 Å². The predicted octanol–water partition coefficient (Wildman–Crippen LogP) is 2.51. The summed E-state index contributed by atoms with van der Waals surface area (Å²) in [5.41, 5.74) is 1.07. The molecule has 1 atom stereocenters. The minimum Gasteiger partial charge on any atom is -0.490 e. The van der Waals surface area contributed by atoms with Gasteiger partial charge in [-0.1, -0.05) is 11.6 Å². The first-order chi connectivity index (χ1) is 7.15. The first-order valence-corrected chi connectivity index (χ1v) is 5.20. The molecule has 0 saturated heterocycles. The van der Waals surface area contributed by atoms with E-state index in [1.807, 2.05) is 12.1 Å². The van der Waals surface area contributed by atoms with Gasteiger partial charge in [0.25, 0.3) is 0 Å². The molecule has 1 aliphatic heterocycles. The van der Waals surface area contributed by atoms with Crippen molar-refractivity contribution >= 4 is 17.6 Å². The maximum absolute atomic E-state index is 10.4. The summed E-state index contributed by atoms with van der Waals surface area (Å²) in [5, 5.41) is 9.25. The summed E-state index contributed by atoms with van der Waals surface area (Å²) >= 11 is 5.85. The summed E-state index contributed by atoms with van der Waals surface area (Å²) in [6.07, 6.45) is 1.42. The molecule has 1 aliphatic rings. The van der Waals surface area contributed by atoms with E-state index in [4.69, 9.17) is 21.4 Å². The lowest BCUT2D eigenvalue weighted by Crippen LogP contribution is -2.14. The zero-order valence-corrected chi connectivity index (χ0v) is 8.83. The summed E-state index contributed by atoms with van der Waals surface area (Å²) < 4.78 is 5.59. The van der Waals surface area contributed by atoms with Crippen molar-refractivity contribution in [2.45, 2.75) is 25.4 Å². The van der Waals surface area contributed by atoms with Crippen LogP contribution >= 0.6 is 11.6 Å². The molecule has 1 aromatic carbocycles. The molecule has 2 rings (SSSR count). The van der Waals surface area contributed by atoms with Crippen LogP contribution < -0.4 is 4.74 Å². The fraction of sp³-hybridized carbons (Fsp3) is 0.364. The van der Waals surface area contributed by atoms with Crippen molar-refractivity contribution in [1.82, 2.24) is 0 Å². The Balaban J connectivity index is 2.00. The molecule has 4 heteroatoms. The second-order valence-electron chi connectivity index (χ2n) is 3.63.